The van der Waals surface area contributed by atoms with Crippen molar-refractivity contribution in [3.05, 3.63) is 83.2 Å². The van der Waals surface area contributed by atoms with Gasteiger partial charge in [0.05, 0.1) is 27.6 Å². The molecular formula is C30H30ClF3N4O4S. The van der Waals surface area contributed by atoms with E-state index < -0.39 is 39.7 Å². The Kier molecular flexibility index (Phi) is 7.97. The second-order valence-electron chi connectivity index (χ2n) is 12.0. The Hall–Kier alpha value is -3.64. The maximum atomic E-state index is 14.1. The number of fused-ring (bicyclic) bond motifs is 1. The molecule has 3 N–H and O–H groups in total. The van der Waals surface area contributed by atoms with Crippen LogP contribution in [-0.4, -0.2) is 32.6 Å². The maximum absolute atomic E-state index is 14.1. The fraction of sp³-hybridized carbons (Fsp3) is 0.400. The zero-order valence-corrected chi connectivity index (χ0v) is 25.2. The molecule has 13 heteroatoms. The Bertz CT molecular complexity index is 1810. The van der Waals surface area contributed by atoms with Crippen LogP contribution in [0.15, 0.2) is 51.4 Å². The maximum Gasteiger partial charge on any atom is 0.416 e. The monoisotopic (exact) mass is 634 g/mol. The first-order chi connectivity index (χ1) is 20.1. The number of halogens is 4. The molecule has 0 radical (unpaired) electrons. The number of carbonyl (C=O) groups is 1. The van der Waals surface area contributed by atoms with Crippen LogP contribution < -0.4 is 20.8 Å². The van der Waals surface area contributed by atoms with Crippen LogP contribution in [0.25, 0.3) is 5.57 Å². The summed E-state index contributed by atoms with van der Waals surface area (Å²) in [4.78, 5) is 25.0. The molecular weight excluding hydrogens is 605 g/mol. The van der Waals surface area contributed by atoms with Crippen molar-refractivity contribution >= 4 is 40.8 Å². The lowest BCUT2D eigenvalue weighted by Gasteiger charge is -2.49. The van der Waals surface area contributed by atoms with Gasteiger partial charge in [-0.05, 0) is 71.7 Å². The lowest BCUT2D eigenvalue weighted by molar-refractivity contribution is -0.138. The first kappa shape index (κ1) is 30.8. The molecule has 1 aliphatic heterocycles. The van der Waals surface area contributed by atoms with Crippen LogP contribution in [0.2, 0.25) is 5.02 Å². The number of hydrogen-bond acceptors (Lipinski definition) is 6. The highest BCUT2D eigenvalue weighted by Crippen LogP contribution is 2.47. The smallest absolute Gasteiger partial charge is 0.416 e. The second-order valence-corrected chi connectivity index (χ2v) is 13.4. The van der Waals surface area contributed by atoms with Gasteiger partial charge in [-0.2, -0.15) is 23.4 Å². The summed E-state index contributed by atoms with van der Waals surface area (Å²) in [5, 5.41) is 32.9. The topological polar surface area (TPSA) is 116 Å². The van der Waals surface area contributed by atoms with E-state index in [0.29, 0.717) is 41.0 Å². The van der Waals surface area contributed by atoms with Crippen LogP contribution in [0.4, 0.5) is 18.0 Å². The average Bonchev–Trinajstić information content (AvgIpc) is 3.49. The number of thiazole rings is 1. The Labute approximate surface area is 253 Å². The molecule has 1 aliphatic carbocycles. The van der Waals surface area contributed by atoms with E-state index in [2.05, 4.69) is 15.5 Å². The van der Waals surface area contributed by atoms with Crippen molar-refractivity contribution in [2.45, 2.75) is 70.6 Å². The van der Waals surface area contributed by atoms with Gasteiger partial charge in [0.2, 0.25) is 5.88 Å². The molecule has 2 aromatic carbocycles. The van der Waals surface area contributed by atoms with Crippen molar-refractivity contribution in [2.24, 2.45) is 15.6 Å². The van der Waals surface area contributed by atoms with Gasteiger partial charge >= 0.3 is 17.1 Å². The van der Waals surface area contributed by atoms with Crippen LogP contribution in [0, 0.1) is 5.41 Å². The molecule has 228 valence electrons. The van der Waals surface area contributed by atoms with Gasteiger partial charge in [0.1, 0.15) is 0 Å². The SMILES string of the molecule is CC(C)(C)C1(NC(=O)O)CCCC(n2c(O)c(C(Cc3ccc(Cl)cc3C(F)(F)F)=c3ccc4c(c3)C=NN=4)sc2=O)C1. The number of hydrogen-bond donors (Lipinski definition) is 3. The molecule has 2 aliphatic rings. The van der Waals surface area contributed by atoms with E-state index in [9.17, 15) is 33.0 Å². The van der Waals surface area contributed by atoms with E-state index in [4.69, 9.17) is 11.6 Å². The van der Waals surface area contributed by atoms with Crippen LogP contribution in [0.1, 0.15) is 74.1 Å². The normalized spacial score (nSPS) is 20.9. The third-order valence-corrected chi connectivity index (χ3v) is 9.69. The second kappa shape index (κ2) is 11.1. The largest absolute Gasteiger partial charge is 0.493 e. The number of nitrogens with one attached hydrogen (secondary N) is 1. The molecule has 0 spiro atoms. The van der Waals surface area contributed by atoms with E-state index in [1.54, 1.807) is 18.2 Å². The number of nitrogens with zero attached hydrogens (tertiary/aromatic N) is 3. The Morgan fingerprint density at radius 2 is 1.95 bits per heavy atom. The van der Waals surface area contributed by atoms with Gasteiger partial charge in [0, 0.05) is 23.0 Å². The van der Waals surface area contributed by atoms with E-state index >= 15 is 0 Å². The number of aromatic hydroxyl groups is 1. The minimum Gasteiger partial charge on any atom is -0.493 e. The number of amides is 1. The highest BCUT2D eigenvalue weighted by molar-refractivity contribution is 7.10. The van der Waals surface area contributed by atoms with Gasteiger partial charge in [-0.15, -0.1) is 0 Å². The summed E-state index contributed by atoms with van der Waals surface area (Å²) in [6.45, 7) is 5.77. The number of aromatic nitrogens is 1. The van der Waals surface area contributed by atoms with Gasteiger partial charge in [-0.1, -0.05) is 55.8 Å². The molecule has 43 heavy (non-hydrogen) atoms. The minimum atomic E-state index is -4.69. The molecule has 1 fully saturated rings. The number of alkyl halides is 3. The number of carboxylic acid groups (broad SMARTS) is 1. The van der Waals surface area contributed by atoms with Gasteiger partial charge in [-0.25, -0.2) is 4.79 Å². The van der Waals surface area contributed by atoms with Crippen molar-refractivity contribution in [2.75, 3.05) is 0 Å². The van der Waals surface area contributed by atoms with Crippen molar-refractivity contribution in [3.8, 4) is 5.88 Å². The minimum absolute atomic E-state index is 0.0683. The molecule has 1 aromatic heterocycles. The highest BCUT2D eigenvalue weighted by Gasteiger charge is 2.47. The zero-order valence-electron chi connectivity index (χ0n) is 23.6. The van der Waals surface area contributed by atoms with Crippen molar-refractivity contribution < 1.29 is 28.2 Å². The van der Waals surface area contributed by atoms with Gasteiger partial charge in [-0.3, -0.25) is 9.36 Å². The fourth-order valence-corrected chi connectivity index (χ4v) is 7.29. The van der Waals surface area contributed by atoms with Crippen LogP contribution >= 0.6 is 22.9 Å². The van der Waals surface area contributed by atoms with Crippen LogP contribution in [-0.2, 0) is 12.6 Å². The van der Waals surface area contributed by atoms with Crippen molar-refractivity contribution in [1.29, 1.82) is 0 Å². The molecule has 2 unspecified atom stereocenters. The third-order valence-electron chi connectivity index (χ3n) is 8.45. The zero-order chi connectivity index (χ0) is 31.3. The Morgan fingerprint density at radius 3 is 2.63 bits per heavy atom. The van der Waals surface area contributed by atoms with Gasteiger partial charge < -0.3 is 15.5 Å². The fourth-order valence-electron chi connectivity index (χ4n) is 6.11. The number of rotatable bonds is 5. The highest BCUT2D eigenvalue weighted by atomic mass is 35.5. The standard InChI is InChI=1S/C30H30ClF3N4O4S/c1-28(2,3)29(36-26(40)41)10-4-5-20(14-29)38-25(39)24(43-27(38)42)21(16-7-9-23-18(11-16)15-35-37-23)12-17-6-8-19(31)13-22(17)30(32,33)34/h6-9,11,13,15,20,36,39H,4-5,10,12,14H2,1-3H3,(H,40,41). The Morgan fingerprint density at radius 1 is 1.21 bits per heavy atom. The van der Waals surface area contributed by atoms with E-state index in [0.717, 1.165) is 17.4 Å². The summed E-state index contributed by atoms with van der Waals surface area (Å²) in [5.74, 6) is -0.364. The lowest BCUT2D eigenvalue weighted by atomic mass is 9.64. The molecule has 2 atom stereocenters. The molecule has 0 bridgehead atoms. The van der Waals surface area contributed by atoms with Crippen LogP contribution in [0.3, 0.4) is 0 Å². The molecule has 8 nitrogen and oxygen atoms in total. The number of benzene rings is 2. The third kappa shape index (κ3) is 5.95. The first-order valence-electron chi connectivity index (χ1n) is 13.7. The summed E-state index contributed by atoms with van der Waals surface area (Å²) in [7, 11) is 0. The summed E-state index contributed by atoms with van der Waals surface area (Å²) in [6.07, 6.45) is -2.67. The molecule has 5 rings (SSSR count). The predicted molar refractivity (Wildman–Crippen MR) is 159 cm³/mol. The van der Waals surface area contributed by atoms with E-state index in [1.165, 1.54) is 22.9 Å². The first-order valence-corrected chi connectivity index (χ1v) is 14.8. The molecule has 1 amide bonds. The van der Waals surface area contributed by atoms with Crippen molar-refractivity contribution in [3.63, 3.8) is 0 Å². The van der Waals surface area contributed by atoms with E-state index in [-0.39, 0.29) is 34.2 Å². The van der Waals surface area contributed by atoms with Gasteiger partial charge in [0.15, 0.2) is 0 Å². The summed E-state index contributed by atoms with van der Waals surface area (Å²) < 4.78 is 43.5. The van der Waals surface area contributed by atoms with Crippen molar-refractivity contribution in [1.82, 2.24) is 9.88 Å². The lowest BCUT2D eigenvalue weighted by Crippen LogP contribution is -2.59. The van der Waals surface area contributed by atoms with Crippen LogP contribution in [0.5, 0.6) is 5.88 Å². The van der Waals surface area contributed by atoms with E-state index in [1.807, 2.05) is 20.8 Å². The average molecular weight is 635 g/mol. The predicted octanol–water partition coefficient (Wildman–Crippen LogP) is 5.86. The Balaban J connectivity index is 1.67. The molecule has 3 aromatic rings. The molecule has 2 heterocycles. The summed E-state index contributed by atoms with van der Waals surface area (Å²) >= 11 is 6.67. The quantitative estimate of drug-likeness (QED) is 0.326. The molecule has 1 saturated carbocycles. The van der Waals surface area contributed by atoms with Gasteiger partial charge in [0.25, 0.3) is 0 Å². The molecule has 0 saturated heterocycles. The summed E-state index contributed by atoms with van der Waals surface area (Å²) in [5.41, 5.74) is -1.39. The summed E-state index contributed by atoms with van der Waals surface area (Å²) in [6, 6.07) is 8.05.